The molecule has 5 atom stereocenters. The number of primary amides is 1. The van der Waals surface area contributed by atoms with Gasteiger partial charge in [0.05, 0.1) is 36.8 Å². The van der Waals surface area contributed by atoms with Crippen LogP contribution in [0.15, 0.2) is 67.0 Å². The quantitative estimate of drug-likeness (QED) is 0.0608. The summed E-state index contributed by atoms with van der Waals surface area (Å²) in [5.41, 5.74) is 12.0. The minimum atomic E-state index is -1.31. The first-order chi connectivity index (χ1) is 24.9. The molecule has 0 unspecified atom stereocenters. The van der Waals surface area contributed by atoms with Crippen LogP contribution in [0.1, 0.15) is 74.7 Å². The molecule has 16 N–H and O–H groups in total. The van der Waals surface area contributed by atoms with Crippen LogP contribution in [0, 0.1) is 5.92 Å². The zero-order chi connectivity index (χ0) is 38.0. The van der Waals surface area contributed by atoms with Crippen LogP contribution in [0.2, 0.25) is 0 Å². The summed E-state index contributed by atoms with van der Waals surface area (Å²) in [4.78, 5) is 69.7. The second-order valence-electron chi connectivity index (χ2n) is 13.4. The molecule has 57 heavy (non-hydrogen) atoms. The largest absolute Gasteiger partial charge is 0.412 e. The van der Waals surface area contributed by atoms with Gasteiger partial charge in [-0.05, 0) is 66.6 Å². The van der Waals surface area contributed by atoms with E-state index >= 15 is 0 Å². The van der Waals surface area contributed by atoms with Gasteiger partial charge in [-0.2, -0.15) is 0 Å². The van der Waals surface area contributed by atoms with Crippen molar-refractivity contribution in [3.8, 4) is 0 Å². The zero-order valence-corrected chi connectivity index (χ0v) is 33.9. The van der Waals surface area contributed by atoms with Crippen LogP contribution < -0.4 is 32.7 Å². The van der Waals surface area contributed by atoms with Crippen molar-refractivity contribution in [3.63, 3.8) is 0 Å². The molecule has 19 heteroatoms. The number of benzene rings is 2. The van der Waals surface area contributed by atoms with Gasteiger partial charge in [0, 0.05) is 25.2 Å². The van der Waals surface area contributed by atoms with Gasteiger partial charge in [-0.3, -0.25) is 29.0 Å². The molecule has 0 saturated heterocycles. The Labute approximate surface area is 345 Å². The number of hydrogen-bond donors (Lipinski definition) is 8. The highest BCUT2D eigenvalue weighted by atomic mass is 35.5. The van der Waals surface area contributed by atoms with E-state index in [0.717, 1.165) is 22.8 Å². The number of aliphatic hydroxyl groups excluding tert-OH is 2. The van der Waals surface area contributed by atoms with Crippen molar-refractivity contribution >= 4 is 65.1 Å². The number of fused-ring (bicyclic) bond motifs is 1. The number of nitrogens with two attached hydrogens (primary N) is 2. The van der Waals surface area contributed by atoms with Crippen molar-refractivity contribution in [2.75, 3.05) is 13.2 Å². The normalized spacial score (nSPS) is 12.9. The van der Waals surface area contributed by atoms with Crippen molar-refractivity contribution < 1.29 is 50.6 Å². The van der Waals surface area contributed by atoms with Gasteiger partial charge >= 0.3 is 0 Å². The van der Waals surface area contributed by atoms with Gasteiger partial charge in [0.1, 0.15) is 12.1 Å². The fraction of sp³-hybridized carbons (Fsp3) is 0.474. The Morgan fingerprint density at radius 2 is 1.47 bits per heavy atom. The summed E-state index contributed by atoms with van der Waals surface area (Å²) in [7, 11) is 0. The minimum absolute atomic E-state index is 0. The summed E-state index contributed by atoms with van der Waals surface area (Å²) in [6.07, 6.45) is 3.19. The molecule has 0 radical (unpaired) electrons. The number of hydrogen-bond acceptors (Lipinski definition) is 9. The van der Waals surface area contributed by atoms with Gasteiger partial charge < -0.3 is 59.4 Å². The molecule has 0 saturated carbocycles. The molecule has 1 heterocycles. The third-order valence-electron chi connectivity index (χ3n) is 8.67. The maximum atomic E-state index is 14.0. The van der Waals surface area contributed by atoms with Crippen LogP contribution in [0.4, 0.5) is 0 Å². The third-order valence-corrected chi connectivity index (χ3v) is 8.67. The van der Waals surface area contributed by atoms with E-state index in [4.69, 9.17) is 11.5 Å². The summed E-state index contributed by atoms with van der Waals surface area (Å²) in [5.74, 6) is -3.12. The summed E-state index contributed by atoms with van der Waals surface area (Å²) in [6.45, 7) is 4.00. The number of carbonyl (C=O) groups excluding carboxylic acids is 5. The van der Waals surface area contributed by atoms with E-state index in [1.807, 2.05) is 56.3 Å². The Morgan fingerprint density at radius 1 is 0.807 bits per heavy atom. The maximum Gasteiger partial charge on any atom is 0.253 e. The smallest absolute Gasteiger partial charge is 0.253 e. The predicted octanol–water partition coefficient (Wildman–Crippen LogP) is -0.416. The number of rotatable bonds is 22. The summed E-state index contributed by atoms with van der Waals surface area (Å²) in [5, 5.41) is 33.6. The lowest BCUT2D eigenvalue weighted by Gasteiger charge is -2.29. The lowest BCUT2D eigenvalue weighted by molar-refractivity contribution is -0.132. The predicted molar refractivity (Wildman–Crippen MR) is 223 cm³/mol. The lowest BCUT2D eigenvalue weighted by Crippen LogP contribution is -2.57. The highest BCUT2D eigenvalue weighted by molar-refractivity contribution is 5.98. The maximum absolute atomic E-state index is 14.0. The number of halogens is 2. The van der Waals surface area contributed by atoms with E-state index in [0.29, 0.717) is 25.8 Å². The van der Waals surface area contributed by atoms with Crippen molar-refractivity contribution in [3.05, 3.63) is 78.1 Å². The monoisotopic (exact) mass is 845 g/mol. The van der Waals surface area contributed by atoms with Gasteiger partial charge in [0.25, 0.3) is 5.91 Å². The van der Waals surface area contributed by atoms with Crippen LogP contribution in [-0.4, -0.2) is 105 Å². The lowest BCUT2D eigenvalue weighted by atomic mass is 9.96. The molecule has 1 aromatic heterocycles. The molecule has 0 aliphatic carbocycles. The Balaban J connectivity index is -0.00000583. The molecular formula is C38H61Cl2N7O10. The Hall–Kier alpha value is -4.46. The van der Waals surface area contributed by atoms with Crippen molar-refractivity contribution in [1.82, 2.24) is 26.3 Å². The standard InChI is InChI=1S/C38H53N7O7.2ClH.3H2O/c1-24(2)19-31(33(47)21-35(49)42-28(23-46)13-5-6-17-39)44-37(51)30(15-16-34(40)48)43-38(52)32(45-36(50)27-12-8-18-41-22-27)20-26-11-7-10-25-9-3-4-14-29(25)26;;;;;/h3-4,7-12,14,18,22,24,28,30-33,46-47H,5-6,13,15-17,19-21,23,39H2,1-2H3,(H2,40,48)(H,42,49)(H,43,52)(H,44,51)(H,45,50);2*1H;3*1H2/t28-,30-,31-,32-,33-;;;;;/m0...../s1. The number of carbonyl (C=O) groups is 5. The molecule has 322 valence electrons. The van der Waals surface area contributed by atoms with Gasteiger partial charge in [0.2, 0.25) is 23.6 Å². The van der Waals surface area contributed by atoms with E-state index in [9.17, 15) is 34.2 Å². The molecule has 0 aliphatic rings. The number of aliphatic hydroxyl groups is 2. The Kier molecular flexibility index (Phi) is 29.7. The highest BCUT2D eigenvalue weighted by Crippen LogP contribution is 2.20. The molecule has 3 rings (SSSR count). The molecule has 0 fully saturated rings. The van der Waals surface area contributed by atoms with Gasteiger partial charge in [-0.1, -0.05) is 62.7 Å². The number of pyridine rings is 1. The molecular weight excluding hydrogens is 785 g/mol. The highest BCUT2D eigenvalue weighted by Gasteiger charge is 2.32. The van der Waals surface area contributed by atoms with E-state index < -0.39 is 59.8 Å². The zero-order valence-electron chi connectivity index (χ0n) is 32.2. The van der Waals surface area contributed by atoms with E-state index in [1.165, 1.54) is 12.4 Å². The summed E-state index contributed by atoms with van der Waals surface area (Å²) in [6, 6.07) is 12.6. The molecule has 0 bridgehead atoms. The van der Waals surface area contributed by atoms with E-state index in [2.05, 4.69) is 26.3 Å². The van der Waals surface area contributed by atoms with E-state index in [1.54, 1.807) is 12.1 Å². The average Bonchev–Trinajstić information content (AvgIpc) is 3.12. The second kappa shape index (κ2) is 29.7. The fourth-order valence-electron chi connectivity index (χ4n) is 5.93. The molecule has 0 aliphatic heterocycles. The SMILES string of the molecule is CC(C)C[C@H](NC(=O)[C@H](CCC(N)=O)NC(=O)[C@H](Cc1cccc2ccccc12)NC(=O)c1cccnc1)[C@@H](O)CC(=O)N[C@H](CO)CCCCN.Cl.Cl.O.O.O. The Bertz CT molecular complexity index is 1640. The van der Waals surface area contributed by atoms with Crippen LogP contribution in [0.25, 0.3) is 10.8 Å². The van der Waals surface area contributed by atoms with Crippen LogP contribution in [0.5, 0.6) is 0 Å². The first-order valence-electron chi connectivity index (χ1n) is 17.8. The van der Waals surface area contributed by atoms with E-state index in [-0.39, 0.29) is 85.0 Å². The Morgan fingerprint density at radius 3 is 2.09 bits per heavy atom. The first kappa shape index (κ1) is 56.9. The second-order valence-corrected chi connectivity index (χ2v) is 13.4. The molecule has 2 aromatic carbocycles. The van der Waals surface area contributed by atoms with Crippen LogP contribution in [0.3, 0.4) is 0 Å². The fourth-order valence-corrected chi connectivity index (χ4v) is 5.93. The van der Waals surface area contributed by atoms with Crippen molar-refractivity contribution in [2.45, 2.75) is 95.5 Å². The van der Waals surface area contributed by atoms with Crippen molar-refractivity contribution in [1.29, 1.82) is 0 Å². The number of amides is 5. The number of nitrogens with zero attached hydrogens (tertiary/aromatic N) is 1. The average molecular weight is 847 g/mol. The molecule has 0 spiro atoms. The van der Waals surface area contributed by atoms with Gasteiger partial charge in [-0.15, -0.1) is 24.8 Å². The molecule has 5 amide bonds. The number of aromatic nitrogens is 1. The molecule has 17 nitrogen and oxygen atoms in total. The third kappa shape index (κ3) is 19.5. The topological polar surface area (TPSA) is 333 Å². The van der Waals surface area contributed by atoms with Gasteiger partial charge in [0.15, 0.2) is 0 Å². The first-order valence-corrected chi connectivity index (χ1v) is 17.8. The summed E-state index contributed by atoms with van der Waals surface area (Å²) < 4.78 is 0. The van der Waals surface area contributed by atoms with Crippen LogP contribution in [-0.2, 0) is 25.6 Å². The van der Waals surface area contributed by atoms with Crippen LogP contribution >= 0.6 is 24.8 Å². The minimum Gasteiger partial charge on any atom is -0.412 e. The van der Waals surface area contributed by atoms with Crippen molar-refractivity contribution in [2.24, 2.45) is 17.4 Å². The summed E-state index contributed by atoms with van der Waals surface area (Å²) >= 11 is 0. The number of nitrogens with one attached hydrogen (secondary N) is 4. The number of unbranched alkanes of at least 4 members (excludes halogenated alkanes) is 1. The molecule has 3 aromatic rings. The van der Waals surface area contributed by atoms with Gasteiger partial charge in [-0.25, -0.2) is 0 Å².